The Labute approximate surface area is 187 Å². The van der Waals surface area contributed by atoms with Crippen molar-refractivity contribution in [3.8, 4) is 0 Å². The summed E-state index contributed by atoms with van der Waals surface area (Å²) in [5, 5.41) is 0.938. The van der Waals surface area contributed by atoms with E-state index in [1.807, 2.05) is 20.8 Å². The minimum Gasteiger partial charge on any atom is -0.462 e. The minimum atomic E-state index is -0.299. The number of aryl methyl sites for hydroxylation is 2. The summed E-state index contributed by atoms with van der Waals surface area (Å²) in [6, 6.07) is 0. The smallest absolute Gasteiger partial charge is 0.348 e. The minimum absolute atomic E-state index is 0.0960. The standard InChI is InChI=1S/C23H32N4O3S/c1-5-30-23(29)19-15(3)18-20(24-16(4)25-21(18)31-19)26-11-8-17(9-12-26)22(28)27-10-6-7-14(2)13-27/h14,17H,5-13H2,1-4H3. The molecule has 2 saturated heterocycles. The van der Waals surface area contributed by atoms with Crippen LogP contribution in [0.3, 0.4) is 0 Å². The quantitative estimate of drug-likeness (QED) is 0.665. The van der Waals surface area contributed by atoms with Gasteiger partial charge >= 0.3 is 5.97 Å². The number of rotatable bonds is 4. The first-order valence-electron chi connectivity index (χ1n) is 11.4. The van der Waals surface area contributed by atoms with Crippen LogP contribution in [0.2, 0.25) is 0 Å². The van der Waals surface area contributed by atoms with Gasteiger partial charge in [0, 0.05) is 32.1 Å². The van der Waals surface area contributed by atoms with Crippen molar-refractivity contribution in [3.63, 3.8) is 0 Å². The molecule has 1 unspecified atom stereocenters. The van der Waals surface area contributed by atoms with E-state index in [4.69, 9.17) is 9.72 Å². The van der Waals surface area contributed by atoms with E-state index in [1.54, 1.807) is 0 Å². The maximum Gasteiger partial charge on any atom is 0.348 e. The molecule has 1 atom stereocenters. The second-order valence-corrected chi connectivity index (χ2v) is 9.84. The molecule has 0 N–H and O–H groups in total. The number of fused-ring (bicyclic) bond motifs is 1. The highest BCUT2D eigenvalue weighted by molar-refractivity contribution is 7.20. The van der Waals surface area contributed by atoms with Gasteiger partial charge < -0.3 is 14.5 Å². The summed E-state index contributed by atoms with van der Waals surface area (Å²) in [6.07, 6.45) is 4.01. The molecule has 31 heavy (non-hydrogen) atoms. The lowest BCUT2D eigenvalue weighted by atomic mass is 9.92. The summed E-state index contributed by atoms with van der Waals surface area (Å²) in [4.78, 5) is 40.5. The van der Waals surface area contributed by atoms with Crippen molar-refractivity contribution in [1.29, 1.82) is 0 Å². The Hall–Kier alpha value is -2.22. The fourth-order valence-electron chi connectivity index (χ4n) is 4.83. The van der Waals surface area contributed by atoms with E-state index in [9.17, 15) is 9.59 Å². The lowest BCUT2D eigenvalue weighted by Gasteiger charge is -2.37. The van der Waals surface area contributed by atoms with Crippen LogP contribution in [-0.4, -0.2) is 59.5 Å². The number of likely N-dealkylation sites (tertiary alicyclic amines) is 1. The van der Waals surface area contributed by atoms with Crippen molar-refractivity contribution in [2.45, 2.75) is 53.4 Å². The summed E-state index contributed by atoms with van der Waals surface area (Å²) in [5.74, 6) is 2.30. The third-order valence-electron chi connectivity index (χ3n) is 6.46. The average Bonchev–Trinajstić information content (AvgIpc) is 3.09. The molecule has 4 rings (SSSR count). The van der Waals surface area contributed by atoms with Crippen molar-refractivity contribution < 1.29 is 14.3 Å². The number of carbonyl (C=O) groups is 2. The molecule has 2 aromatic heterocycles. The summed E-state index contributed by atoms with van der Waals surface area (Å²) >= 11 is 1.38. The van der Waals surface area contributed by atoms with Gasteiger partial charge in [-0.1, -0.05) is 6.92 Å². The van der Waals surface area contributed by atoms with E-state index < -0.39 is 0 Å². The number of ether oxygens (including phenoxy) is 1. The van der Waals surface area contributed by atoms with Gasteiger partial charge in [0.05, 0.1) is 12.0 Å². The van der Waals surface area contributed by atoms with Crippen molar-refractivity contribution in [1.82, 2.24) is 14.9 Å². The van der Waals surface area contributed by atoms with Crippen LogP contribution in [0.5, 0.6) is 0 Å². The van der Waals surface area contributed by atoms with Gasteiger partial charge in [-0.2, -0.15) is 0 Å². The summed E-state index contributed by atoms with van der Waals surface area (Å²) in [5.41, 5.74) is 0.883. The molecule has 7 nitrogen and oxygen atoms in total. The fraction of sp³-hybridized carbons (Fsp3) is 0.652. The van der Waals surface area contributed by atoms with Crippen LogP contribution < -0.4 is 4.90 Å². The molecule has 0 radical (unpaired) electrons. The number of hydrogen-bond donors (Lipinski definition) is 0. The van der Waals surface area contributed by atoms with Gasteiger partial charge in [-0.25, -0.2) is 14.8 Å². The van der Waals surface area contributed by atoms with Crippen LogP contribution in [0.1, 0.15) is 60.6 Å². The predicted molar refractivity (Wildman–Crippen MR) is 123 cm³/mol. The van der Waals surface area contributed by atoms with Crippen LogP contribution in [-0.2, 0) is 9.53 Å². The second-order valence-electron chi connectivity index (χ2n) is 8.84. The Morgan fingerprint density at radius 3 is 2.55 bits per heavy atom. The number of amides is 1. The molecule has 0 aromatic carbocycles. The molecule has 2 fully saturated rings. The average molecular weight is 445 g/mol. The molecule has 0 aliphatic carbocycles. The molecule has 0 saturated carbocycles. The van der Waals surface area contributed by atoms with E-state index in [0.29, 0.717) is 29.1 Å². The first kappa shape index (κ1) is 22.0. The van der Waals surface area contributed by atoms with Crippen molar-refractivity contribution >= 4 is 39.2 Å². The molecule has 2 aliphatic heterocycles. The van der Waals surface area contributed by atoms with E-state index in [2.05, 4.69) is 21.7 Å². The van der Waals surface area contributed by atoms with Gasteiger partial charge in [0.2, 0.25) is 5.91 Å². The monoisotopic (exact) mass is 444 g/mol. The molecule has 168 valence electrons. The first-order valence-corrected chi connectivity index (χ1v) is 12.2. The van der Waals surface area contributed by atoms with Gasteiger partial charge in [-0.05, 0) is 57.9 Å². The summed E-state index contributed by atoms with van der Waals surface area (Å²) in [7, 11) is 0. The Balaban J connectivity index is 1.53. The van der Waals surface area contributed by atoms with E-state index in [1.165, 1.54) is 17.8 Å². The normalized spacial score (nSPS) is 20.3. The van der Waals surface area contributed by atoms with Crippen LogP contribution in [0, 0.1) is 25.7 Å². The number of carbonyl (C=O) groups excluding carboxylic acids is 2. The zero-order valence-corrected chi connectivity index (χ0v) is 19.8. The highest BCUT2D eigenvalue weighted by Gasteiger charge is 2.32. The zero-order valence-electron chi connectivity index (χ0n) is 18.9. The predicted octanol–water partition coefficient (Wildman–Crippen LogP) is 3.96. The van der Waals surface area contributed by atoms with Gasteiger partial charge in [-0.15, -0.1) is 11.3 Å². The lowest BCUT2D eigenvalue weighted by molar-refractivity contribution is -0.137. The maximum atomic E-state index is 13.0. The Morgan fingerprint density at radius 1 is 1.13 bits per heavy atom. The number of hydrogen-bond acceptors (Lipinski definition) is 7. The highest BCUT2D eigenvalue weighted by Crippen LogP contribution is 2.37. The Bertz CT molecular complexity index is 981. The molecule has 0 spiro atoms. The number of anilines is 1. The van der Waals surface area contributed by atoms with Gasteiger partial charge in [-0.3, -0.25) is 4.79 Å². The topological polar surface area (TPSA) is 75.6 Å². The molecule has 4 heterocycles. The maximum absolute atomic E-state index is 13.0. The second kappa shape index (κ2) is 9.10. The molecule has 2 aliphatic rings. The first-order chi connectivity index (χ1) is 14.9. The van der Waals surface area contributed by atoms with E-state index in [0.717, 1.165) is 67.0 Å². The van der Waals surface area contributed by atoms with Gasteiger partial charge in [0.25, 0.3) is 0 Å². The Kier molecular flexibility index (Phi) is 6.46. The third kappa shape index (κ3) is 4.40. The number of nitrogens with zero attached hydrogens (tertiary/aromatic N) is 4. The lowest BCUT2D eigenvalue weighted by Crippen LogP contribution is -2.46. The number of piperidine rings is 2. The third-order valence-corrected chi connectivity index (χ3v) is 7.62. The number of aromatic nitrogens is 2. The molecular weight excluding hydrogens is 412 g/mol. The zero-order chi connectivity index (χ0) is 22.1. The van der Waals surface area contributed by atoms with Crippen LogP contribution in [0.15, 0.2) is 0 Å². The highest BCUT2D eigenvalue weighted by atomic mass is 32.1. The Morgan fingerprint density at radius 2 is 1.87 bits per heavy atom. The number of thiophene rings is 1. The largest absolute Gasteiger partial charge is 0.462 e. The van der Waals surface area contributed by atoms with E-state index in [-0.39, 0.29) is 11.9 Å². The van der Waals surface area contributed by atoms with Crippen LogP contribution in [0.25, 0.3) is 10.2 Å². The van der Waals surface area contributed by atoms with E-state index >= 15 is 0 Å². The molecular formula is C23H32N4O3S. The van der Waals surface area contributed by atoms with Crippen LogP contribution >= 0.6 is 11.3 Å². The molecule has 0 bridgehead atoms. The fourth-order valence-corrected chi connectivity index (χ4v) is 5.94. The number of esters is 1. The van der Waals surface area contributed by atoms with Crippen molar-refractivity contribution in [2.75, 3.05) is 37.7 Å². The van der Waals surface area contributed by atoms with Crippen LogP contribution in [0.4, 0.5) is 5.82 Å². The molecule has 2 aromatic rings. The SMILES string of the molecule is CCOC(=O)c1sc2nc(C)nc(N3CCC(C(=O)N4CCCC(C)C4)CC3)c2c1C. The van der Waals surface area contributed by atoms with Gasteiger partial charge in [0.1, 0.15) is 21.3 Å². The molecule has 1 amide bonds. The molecule has 8 heteroatoms. The summed E-state index contributed by atoms with van der Waals surface area (Å²) in [6.45, 7) is 11.6. The van der Waals surface area contributed by atoms with Crippen molar-refractivity contribution in [2.24, 2.45) is 11.8 Å². The summed E-state index contributed by atoms with van der Waals surface area (Å²) < 4.78 is 5.23. The van der Waals surface area contributed by atoms with Crippen molar-refractivity contribution in [3.05, 3.63) is 16.3 Å². The van der Waals surface area contributed by atoms with Gasteiger partial charge in [0.15, 0.2) is 0 Å².